The van der Waals surface area contributed by atoms with E-state index in [0.29, 0.717) is 25.1 Å². The molecule has 1 saturated heterocycles. The molecule has 2 aromatic rings. The molecule has 1 aromatic carbocycles. The van der Waals surface area contributed by atoms with Gasteiger partial charge in [0.1, 0.15) is 0 Å². The summed E-state index contributed by atoms with van der Waals surface area (Å²) in [5.74, 6) is -0.534. The molecule has 0 radical (unpaired) electrons. The molecule has 0 aliphatic carbocycles. The van der Waals surface area contributed by atoms with E-state index in [2.05, 4.69) is 10.4 Å². The highest BCUT2D eigenvalue weighted by molar-refractivity contribution is 7.86. The summed E-state index contributed by atoms with van der Waals surface area (Å²) in [6.07, 6.45) is 4.85. The number of piperidine rings is 1. The quantitative estimate of drug-likeness (QED) is 0.852. The Bertz CT molecular complexity index is 864. The first kappa shape index (κ1) is 18.6. The Morgan fingerprint density at radius 2 is 2.12 bits per heavy atom. The monoisotopic (exact) mass is 377 g/mol. The van der Waals surface area contributed by atoms with Crippen molar-refractivity contribution < 1.29 is 13.2 Å². The van der Waals surface area contributed by atoms with Gasteiger partial charge in [0.15, 0.2) is 0 Å². The van der Waals surface area contributed by atoms with Gasteiger partial charge in [-0.2, -0.15) is 22.1 Å². The molecule has 1 fully saturated rings. The van der Waals surface area contributed by atoms with Crippen molar-refractivity contribution in [3.8, 4) is 5.69 Å². The minimum atomic E-state index is -3.50. The van der Waals surface area contributed by atoms with E-state index in [1.54, 1.807) is 10.9 Å². The molecule has 8 nitrogen and oxygen atoms in total. The number of hydrogen-bond donors (Lipinski definition) is 1. The highest BCUT2D eigenvalue weighted by Crippen LogP contribution is 2.22. The summed E-state index contributed by atoms with van der Waals surface area (Å²) in [7, 11) is -0.501. The van der Waals surface area contributed by atoms with Crippen LogP contribution in [0.1, 0.15) is 12.8 Å². The van der Waals surface area contributed by atoms with Crippen molar-refractivity contribution >= 4 is 21.8 Å². The van der Waals surface area contributed by atoms with Crippen LogP contribution in [0.15, 0.2) is 42.7 Å². The fraction of sp³-hybridized carbons (Fsp3) is 0.412. The van der Waals surface area contributed by atoms with Gasteiger partial charge in [0.2, 0.25) is 5.91 Å². The Morgan fingerprint density at radius 3 is 2.81 bits per heavy atom. The Hall–Kier alpha value is -2.23. The normalized spacial score (nSPS) is 18.8. The zero-order chi connectivity index (χ0) is 18.7. The molecule has 1 aliphatic rings. The van der Waals surface area contributed by atoms with Crippen molar-refractivity contribution in [1.29, 1.82) is 0 Å². The number of aromatic nitrogens is 2. The van der Waals surface area contributed by atoms with Crippen LogP contribution in [0.5, 0.6) is 0 Å². The Kier molecular flexibility index (Phi) is 5.40. The summed E-state index contributed by atoms with van der Waals surface area (Å²) in [6.45, 7) is 0.643. The van der Waals surface area contributed by atoms with Gasteiger partial charge in [-0.3, -0.25) is 4.79 Å². The number of nitrogens with zero attached hydrogens (tertiary/aromatic N) is 4. The van der Waals surface area contributed by atoms with Gasteiger partial charge in [-0.05, 0) is 37.1 Å². The van der Waals surface area contributed by atoms with Crippen molar-refractivity contribution in [3.05, 3.63) is 42.7 Å². The van der Waals surface area contributed by atoms with E-state index in [1.165, 1.54) is 22.7 Å². The number of benzene rings is 1. The van der Waals surface area contributed by atoms with Crippen molar-refractivity contribution in [1.82, 2.24) is 18.4 Å². The summed E-state index contributed by atoms with van der Waals surface area (Å²) in [5.41, 5.74) is 1.50. The lowest BCUT2D eigenvalue weighted by Crippen LogP contribution is -2.47. The number of carbonyl (C=O) groups is 1. The zero-order valence-corrected chi connectivity index (χ0v) is 15.7. The van der Waals surface area contributed by atoms with Crippen LogP contribution < -0.4 is 5.32 Å². The van der Waals surface area contributed by atoms with Gasteiger partial charge >= 0.3 is 0 Å². The highest BCUT2D eigenvalue weighted by atomic mass is 32.2. The van der Waals surface area contributed by atoms with Crippen molar-refractivity contribution in [2.45, 2.75) is 12.8 Å². The number of anilines is 1. The largest absolute Gasteiger partial charge is 0.326 e. The second-order valence-electron chi connectivity index (χ2n) is 6.48. The summed E-state index contributed by atoms with van der Waals surface area (Å²) >= 11 is 0. The van der Waals surface area contributed by atoms with E-state index >= 15 is 0 Å². The lowest BCUT2D eigenvalue weighted by atomic mass is 9.98. The Morgan fingerprint density at radius 1 is 1.31 bits per heavy atom. The molecule has 1 amide bonds. The van der Waals surface area contributed by atoms with Crippen LogP contribution in [0.2, 0.25) is 0 Å². The Balaban J connectivity index is 1.69. The fourth-order valence-corrected chi connectivity index (χ4v) is 4.18. The summed E-state index contributed by atoms with van der Waals surface area (Å²) in [5, 5.41) is 7.08. The van der Waals surface area contributed by atoms with Gasteiger partial charge in [0.05, 0.1) is 11.6 Å². The second-order valence-corrected chi connectivity index (χ2v) is 8.62. The van der Waals surface area contributed by atoms with Crippen molar-refractivity contribution in [3.63, 3.8) is 0 Å². The smallest absolute Gasteiger partial charge is 0.281 e. The summed E-state index contributed by atoms with van der Waals surface area (Å²) in [4.78, 5) is 12.6. The lowest BCUT2D eigenvalue weighted by Gasteiger charge is -2.32. The third-order valence-corrected chi connectivity index (χ3v) is 6.33. The number of rotatable bonds is 5. The first-order valence-corrected chi connectivity index (χ1v) is 9.86. The van der Waals surface area contributed by atoms with E-state index < -0.39 is 10.2 Å². The molecule has 0 bridgehead atoms. The molecule has 1 N–H and O–H groups in total. The van der Waals surface area contributed by atoms with Gasteiger partial charge in [-0.15, -0.1) is 0 Å². The van der Waals surface area contributed by atoms with Crippen LogP contribution in [0.3, 0.4) is 0 Å². The maximum atomic E-state index is 12.6. The molecule has 1 aliphatic heterocycles. The van der Waals surface area contributed by atoms with Crippen molar-refractivity contribution in [2.24, 2.45) is 5.92 Å². The average Bonchev–Trinajstić information content (AvgIpc) is 3.16. The molecule has 1 aromatic heterocycles. The van der Waals surface area contributed by atoms with Gasteiger partial charge < -0.3 is 5.32 Å². The van der Waals surface area contributed by atoms with E-state index in [1.807, 2.05) is 36.5 Å². The minimum absolute atomic E-state index is 0.165. The topological polar surface area (TPSA) is 87.5 Å². The molecule has 26 heavy (non-hydrogen) atoms. The molecule has 3 rings (SSSR count). The molecule has 0 unspecified atom stereocenters. The summed E-state index contributed by atoms with van der Waals surface area (Å²) in [6, 6.07) is 9.21. The predicted octanol–water partition coefficient (Wildman–Crippen LogP) is 1.33. The van der Waals surface area contributed by atoms with Gasteiger partial charge in [0.25, 0.3) is 10.2 Å². The third-order valence-electron chi connectivity index (χ3n) is 4.43. The predicted molar refractivity (Wildman–Crippen MR) is 99.1 cm³/mol. The SMILES string of the molecule is CN(C)S(=O)(=O)N1CCC[C@H](C(=O)Nc2cccc(-n3cccn3)c2)C1. The maximum Gasteiger partial charge on any atom is 0.281 e. The standard InChI is InChI=1S/C17H23N5O3S/c1-20(2)26(24,25)21-10-4-6-14(13-21)17(23)19-15-7-3-8-16(12-15)22-11-5-9-18-22/h3,5,7-9,11-12,14H,4,6,10,13H2,1-2H3,(H,19,23)/t14-/m0/s1. The molecule has 9 heteroatoms. The lowest BCUT2D eigenvalue weighted by molar-refractivity contribution is -0.120. The molecule has 0 spiro atoms. The van der Waals surface area contributed by atoms with Crippen molar-refractivity contribution in [2.75, 3.05) is 32.5 Å². The molecule has 0 saturated carbocycles. The van der Waals surface area contributed by atoms with Crippen LogP contribution in [0, 0.1) is 5.92 Å². The highest BCUT2D eigenvalue weighted by Gasteiger charge is 2.33. The van der Waals surface area contributed by atoms with Gasteiger partial charge in [0, 0.05) is 45.3 Å². The maximum absolute atomic E-state index is 12.6. The van der Waals surface area contributed by atoms with Gasteiger partial charge in [-0.25, -0.2) is 4.68 Å². The van der Waals surface area contributed by atoms with Gasteiger partial charge in [-0.1, -0.05) is 6.07 Å². The van der Waals surface area contributed by atoms with E-state index in [9.17, 15) is 13.2 Å². The van der Waals surface area contributed by atoms with E-state index in [-0.39, 0.29) is 18.4 Å². The number of hydrogen-bond acceptors (Lipinski definition) is 4. The zero-order valence-electron chi connectivity index (χ0n) is 14.9. The second kappa shape index (κ2) is 7.56. The molecular formula is C17H23N5O3S. The molecule has 1 atom stereocenters. The third kappa shape index (κ3) is 3.95. The van der Waals surface area contributed by atoms with E-state index in [4.69, 9.17) is 0 Å². The van der Waals surface area contributed by atoms with E-state index in [0.717, 1.165) is 5.69 Å². The first-order valence-electron chi connectivity index (χ1n) is 8.46. The molecule has 140 valence electrons. The first-order chi connectivity index (χ1) is 12.4. The van der Waals surface area contributed by atoms with Crippen LogP contribution in [0.4, 0.5) is 5.69 Å². The van der Waals surface area contributed by atoms with Crippen LogP contribution in [-0.2, 0) is 15.0 Å². The molecule has 2 heterocycles. The number of nitrogens with one attached hydrogen (secondary N) is 1. The fourth-order valence-electron chi connectivity index (χ4n) is 2.99. The van der Waals surface area contributed by atoms with Crippen LogP contribution in [0.25, 0.3) is 5.69 Å². The number of amides is 1. The van der Waals surface area contributed by atoms with Crippen LogP contribution in [-0.4, -0.2) is 59.9 Å². The Labute approximate surface area is 153 Å². The minimum Gasteiger partial charge on any atom is -0.326 e. The summed E-state index contributed by atoms with van der Waals surface area (Å²) < 4.78 is 28.9. The number of carbonyl (C=O) groups excluding carboxylic acids is 1. The average molecular weight is 377 g/mol. The van der Waals surface area contributed by atoms with Crippen LogP contribution >= 0.6 is 0 Å². The molecular weight excluding hydrogens is 354 g/mol.